The van der Waals surface area contributed by atoms with E-state index in [1.54, 1.807) is 31.3 Å². The van der Waals surface area contributed by atoms with Crippen molar-refractivity contribution in [1.82, 2.24) is 19.7 Å². The lowest BCUT2D eigenvalue weighted by atomic mass is 9.96. The lowest BCUT2D eigenvalue weighted by Crippen LogP contribution is -2.39. The number of piperidine rings is 1. The fraction of sp³-hybridized carbons (Fsp3) is 0.621. The molecular weight excluding hydrogens is 529 g/mol. The molecule has 218 valence electrons. The molecule has 0 atom stereocenters. The van der Waals surface area contributed by atoms with E-state index in [0.29, 0.717) is 23.7 Å². The largest absolute Gasteiger partial charge is 0.484 e. The normalized spacial score (nSPS) is 17.6. The van der Waals surface area contributed by atoms with Crippen molar-refractivity contribution >= 4 is 24.8 Å². The van der Waals surface area contributed by atoms with E-state index in [-0.39, 0.29) is 24.4 Å². The van der Waals surface area contributed by atoms with Crippen molar-refractivity contribution in [3.05, 3.63) is 30.3 Å². The number of hydrogen-bond donors (Lipinski definition) is 0. The molecule has 1 aliphatic carbocycles. The number of nitrogens with zero attached hydrogens (tertiary/aromatic N) is 5. The summed E-state index contributed by atoms with van der Waals surface area (Å²) in [6, 6.07) is 6.26. The van der Waals surface area contributed by atoms with Crippen molar-refractivity contribution < 1.29 is 23.3 Å². The molecule has 0 amide bonds. The van der Waals surface area contributed by atoms with Crippen LogP contribution < -0.4 is 9.64 Å². The molecule has 1 saturated heterocycles. The fourth-order valence-electron chi connectivity index (χ4n) is 5.18. The van der Waals surface area contributed by atoms with E-state index in [1.807, 2.05) is 13.0 Å². The van der Waals surface area contributed by atoms with Gasteiger partial charge in [0.2, 0.25) is 0 Å². The van der Waals surface area contributed by atoms with Gasteiger partial charge in [-0.3, -0.25) is 0 Å². The van der Waals surface area contributed by atoms with Gasteiger partial charge in [0.1, 0.15) is 24.5 Å². The number of hydrogen-bond acceptors (Lipinski definition) is 8. The van der Waals surface area contributed by atoms with Crippen molar-refractivity contribution in [3.63, 3.8) is 0 Å². The van der Waals surface area contributed by atoms with Crippen molar-refractivity contribution in [2.24, 2.45) is 5.92 Å². The molecule has 9 nitrogen and oxygen atoms in total. The summed E-state index contributed by atoms with van der Waals surface area (Å²) >= 11 is 0. The third-order valence-corrected chi connectivity index (χ3v) is 9.62. The Labute approximate surface area is 237 Å². The molecule has 1 aromatic carbocycles. The highest BCUT2D eigenvalue weighted by Crippen LogP contribution is 2.42. The summed E-state index contributed by atoms with van der Waals surface area (Å²) in [6.07, 6.45) is 5.11. The van der Waals surface area contributed by atoms with Crippen LogP contribution in [0.2, 0.25) is 25.7 Å². The summed E-state index contributed by atoms with van der Waals surface area (Å²) in [5, 5.41) is 5.51. The minimum atomic E-state index is -1.24. The maximum Gasteiger partial charge on any atom is 0.167 e. The average molecular weight is 572 g/mol. The van der Waals surface area contributed by atoms with Crippen LogP contribution in [0.25, 0.3) is 22.3 Å². The molecule has 3 aromatic rings. The van der Waals surface area contributed by atoms with E-state index in [2.05, 4.69) is 34.5 Å². The van der Waals surface area contributed by atoms with Crippen LogP contribution in [0.3, 0.4) is 0 Å². The summed E-state index contributed by atoms with van der Waals surface area (Å²) in [5.74, 6) is 1.02. The van der Waals surface area contributed by atoms with Gasteiger partial charge in [0, 0.05) is 65.4 Å². The Balaban J connectivity index is 1.45. The first kappa shape index (κ1) is 28.9. The van der Waals surface area contributed by atoms with Crippen molar-refractivity contribution in [1.29, 1.82) is 0 Å². The topological polar surface area (TPSA) is 83.8 Å². The second kappa shape index (κ2) is 11.7. The zero-order chi connectivity index (χ0) is 28.5. The number of ether oxygens (including phenoxy) is 4. The Bertz CT molecular complexity index is 1310. The molecule has 2 fully saturated rings. The zero-order valence-corrected chi connectivity index (χ0v) is 25.6. The van der Waals surface area contributed by atoms with E-state index in [4.69, 9.17) is 24.0 Å². The number of benzene rings is 1. The zero-order valence-electron chi connectivity index (χ0n) is 24.6. The van der Waals surface area contributed by atoms with E-state index in [0.717, 1.165) is 61.7 Å². The van der Waals surface area contributed by atoms with Crippen LogP contribution in [0.15, 0.2) is 24.5 Å². The minimum absolute atomic E-state index is 0.195. The van der Waals surface area contributed by atoms with E-state index in [1.165, 1.54) is 6.07 Å². The molecular formula is C29H42FN5O4Si. The Kier molecular flexibility index (Phi) is 8.47. The lowest BCUT2D eigenvalue weighted by Gasteiger charge is -2.35. The van der Waals surface area contributed by atoms with E-state index < -0.39 is 13.9 Å². The predicted molar refractivity (Wildman–Crippen MR) is 156 cm³/mol. The fourth-order valence-corrected chi connectivity index (χ4v) is 5.94. The molecule has 40 heavy (non-hydrogen) atoms. The molecule has 11 heteroatoms. The van der Waals surface area contributed by atoms with Crippen molar-refractivity contribution in [2.45, 2.75) is 76.9 Å². The molecule has 0 spiro atoms. The van der Waals surface area contributed by atoms with Crippen LogP contribution in [0, 0.1) is 11.7 Å². The Morgan fingerprint density at radius 3 is 2.45 bits per heavy atom. The number of methoxy groups -OCH3 is 2. The predicted octanol–water partition coefficient (Wildman–Crippen LogP) is 5.71. The van der Waals surface area contributed by atoms with E-state index in [9.17, 15) is 0 Å². The SMILES string of the molecule is COC(OC)C1CCN(c2cc(-c3c4cc(OC5(C)CC5)c(F)cc4nn3COCC[Si](C)(C)C)ncn2)CC1. The highest BCUT2D eigenvalue weighted by molar-refractivity contribution is 6.76. The third kappa shape index (κ3) is 6.64. The highest BCUT2D eigenvalue weighted by Gasteiger charge is 2.41. The summed E-state index contributed by atoms with van der Waals surface area (Å²) in [5.41, 5.74) is 1.72. The van der Waals surface area contributed by atoms with Crippen LogP contribution in [0.4, 0.5) is 10.2 Å². The number of fused-ring (bicyclic) bond motifs is 1. The molecule has 1 aliphatic heterocycles. The number of halogens is 1. The van der Waals surface area contributed by atoms with Gasteiger partial charge in [-0.25, -0.2) is 19.0 Å². The van der Waals surface area contributed by atoms with Gasteiger partial charge in [-0.15, -0.1) is 0 Å². The van der Waals surface area contributed by atoms with Crippen LogP contribution in [-0.2, 0) is 20.9 Å². The van der Waals surface area contributed by atoms with Gasteiger partial charge in [-0.1, -0.05) is 19.6 Å². The van der Waals surface area contributed by atoms with Gasteiger partial charge >= 0.3 is 0 Å². The van der Waals surface area contributed by atoms with Crippen LogP contribution in [0.5, 0.6) is 5.75 Å². The number of rotatable bonds is 12. The first-order valence-electron chi connectivity index (χ1n) is 14.2. The molecule has 1 saturated carbocycles. The first-order valence-corrected chi connectivity index (χ1v) is 17.9. The minimum Gasteiger partial charge on any atom is -0.484 e. The lowest BCUT2D eigenvalue weighted by molar-refractivity contribution is -0.141. The average Bonchev–Trinajstić information content (AvgIpc) is 3.55. The van der Waals surface area contributed by atoms with Gasteiger partial charge in [0.05, 0.1) is 16.9 Å². The maximum absolute atomic E-state index is 15.1. The molecule has 0 bridgehead atoms. The van der Waals surface area contributed by atoms with Gasteiger partial charge in [-0.2, -0.15) is 5.10 Å². The van der Waals surface area contributed by atoms with Crippen molar-refractivity contribution in [3.8, 4) is 17.1 Å². The van der Waals surface area contributed by atoms with Crippen molar-refractivity contribution in [2.75, 3.05) is 38.8 Å². The van der Waals surface area contributed by atoms with Crippen LogP contribution >= 0.6 is 0 Å². The maximum atomic E-state index is 15.1. The molecule has 2 aromatic heterocycles. The summed E-state index contributed by atoms with van der Waals surface area (Å²) in [6.45, 7) is 11.6. The number of aromatic nitrogens is 4. The van der Waals surface area contributed by atoms with Gasteiger partial charge < -0.3 is 23.8 Å². The summed E-state index contributed by atoms with van der Waals surface area (Å²) < 4.78 is 40.0. The Hall–Kier alpha value is -2.60. The second-order valence-electron chi connectivity index (χ2n) is 12.5. The monoisotopic (exact) mass is 571 g/mol. The first-order chi connectivity index (χ1) is 19.1. The van der Waals surface area contributed by atoms with Gasteiger partial charge in [0.25, 0.3) is 0 Å². The Morgan fingerprint density at radius 1 is 1.07 bits per heavy atom. The summed E-state index contributed by atoms with van der Waals surface area (Å²) in [7, 11) is 2.13. The van der Waals surface area contributed by atoms with Crippen LogP contribution in [-0.4, -0.2) is 73.6 Å². The smallest absolute Gasteiger partial charge is 0.167 e. The second-order valence-corrected chi connectivity index (χ2v) is 18.1. The summed E-state index contributed by atoms with van der Waals surface area (Å²) in [4.78, 5) is 11.5. The molecule has 0 unspecified atom stereocenters. The molecule has 5 rings (SSSR count). The van der Waals surface area contributed by atoms with E-state index >= 15 is 4.39 Å². The number of anilines is 1. The molecule has 0 radical (unpaired) electrons. The Morgan fingerprint density at radius 2 is 1.80 bits per heavy atom. The molecule has 2 aliphatic rings. The molecule has 3 heterocycles. The highest BCUT2D eigenvalue weighted by atomic mass is 28.3. The third-order valence-electron chi connectivity index (χ3n) is 7.92. The van der Waals surface area contributed by atoms with Gasteiger partial charge in [0.15, 0.2) is 17.9 Å². The van der Waals surface area contributed by atoms with Crippen LogP contribution in [0.1, 0.15) is 32.6 Å². The standard InChI is InChI=1S/C29H42FN5O4Si/c1-29(9-10-29)39-25-15-21-23(16-22(25)30)33-35(19-38-13-14-40(4,5)6)27(21)24-17-26(32-18-31-24)34-11-7-20(8-12-34)28(36-2)37-3/h15-18,20,28H,7-14,19H2,1-6H3. The molecule has 0 N–H and O–H groups in total. The van der Waals surface area contributed by atoms with Gasteiger partial charge in [-0.05, 0) is 44.7 Å². The quantitative estimate of drug-likeness (QED) is 0.155.